The van der Waals surface area contributed by atoms with E-state index >= 15 is 0 Å². The smallest absolute Gasteiger partial charge is 0.381 e. The van der Waals surface area contributed by atoms with Crippen molar-refractivity contribution in [3.05, 3.63) is 65.2 Å². The van der Waals surface area contributed by atoms with Crippen LogP contribution in [0.25, 0.3) is 0 Å². The highest BCUT2D eigenvalue weighted by Gasteiger charge is 2.71. The van der Waals surface area contributed by atoms with Gasteiger partial charge in [-0.1, -0.05) is 43.3 Å². The Bertz CT molecular complexity index is 1390. The molecule has 0 saturated carbocycles. The Morgan fingerprint density at radius 2 is 1.65 bits per heavy atom. The predicted octanol–water partition coefficient (Wildman–Crippen LogP) is 3.60. The van der Waals surface area contributed by atoms with E-state index in [1.165, 1.54) is 19.1 Å². The van der Waals surface area contributed by atoms with Crippen molar-refractivity contribution in [1.82, 2.24) is 4.90 Å². The van der Waals surface area contributed by atoms with Crippen LogP contribution in [0.5, 0.6) is 0 Å². The van der Waals surface area contributed by atoms with Gasteiger partial charge in [0.15, 0.2) is 9.84 Å². The van der Waals surface area contributed by atoms with E-state index < -0.39 is 61.7 Å². The molecule has 1 fully saturated rings. The average Bonchev–Trinajstić information content (AvgIpc) is 3.54. The second kappa shape index (κ2) is 10.0. The van der Waals surface area contributed by atoms with Crippen molar-refractivity contribution >= 4 is 27.3 Å². The molecular weight excluding hydrogens is 570 g/mol. The monoisotopic (exact) mass is 594 g/mol. The third-order valence-electron chi connectivity index (χ3n) is 7.15. The highest BCUT2D eigenvalue weighted by Crippen LogP contribution is 2.50. The molecular formula is C25H24F6N2O6S. The van der Waals surface area contributed by atoms with Crippen molar-refractivity contribution in [2.24, 2.45) is 5.92 Å². The number of rotatable bonds is 6. The molecule has 218 valence electrons. The van der Waals surface area contributed by atoms with Gasteiger partial charge in [-0.15, -0.1) is 0 Å². The van der Waals surface area contributed by atoms with Gasteiger partial charge in [0, 0.05) is 30.0 Å². The van der Waals surface area contributed by atoms with Gasteiger partial charge in [0.05, 0.1) is 18.3 Å². The molecule has 2 heterocycles. The van der Waals surface area contributed by atoms with Gasteiger partial charge in [0.2, 0.25) is 5.91 Å². The summed E-state index contributed by atoms with van der Waals surface area (Å²) in [7, 11) is -4.47. The minimum Gasteiger partial charge on any atom is -0.381 e. The molecule has 0 spiro atoms. The Morgan fingerprint density at radius 3 is 2.17 bits per heavy atom. The lowest BCUT2D eigenvalue weighted by Crippen LogP contribution is -2.59. The zero-order valence-corrected chi connectivity index (χ0v) is 21.7. The van der Waals surface area contributed by atoms with Crippen LogP contribution in [0.4, 0.5) is 32.0 Å². The Hall–Kier alpha value is -3.17. The molecule has 0 bridgehead atoms. The first-order valence-electron chi connectivity index (χ1n) is 12.0. The number of hydrogen-bond acceptors (Lipinski definition) is 6. The van der Waals surface area contributed by atoms with Gasteiger partial charge in [-0.05, 0) is 24.1 Å². The first kappa shape index (κ1) is 29.8. The summed E-state index contributed by atoms with van der Waals surface area (Å²) >= 11 is 0. The van der Waals surface area contributed by atoms with Crippen LogP contribution >= 0.6 is 0 Å². The average molecular weight is 595 g/mol. The van der Waals surface area contributed by atoms with Crippen LogP contribution in [0, 0.1) is 5.92 Å². The molecule has 2 N–H and O–H groups in total. The summed E-state index contributed by atoms with van der Waals surface area (Å²) in [5, 5.41) is 11.9. The van der Waals surface area contributed by atoms with Gasteiger partial charge in [0.25, 0.3) is 16.4 Å². The van der Waals surface area contributed by atoms with Crippen LogP contribution in [-0.2, 0) is 41.2 Å². The Morgan fingerprint density at radius 1 is 1.05 bits per heavy atom. The van der Waals surface area contributed by atoms with E-state index in [1.807, 2.05) is 0 Å². The maximum atomic E-state index is 13.9. The summed E-state index contributed by atoms with van der Waals surface area (Å²) < 4.78 is 112. The van der Waals surface area contributed by atoms with Crippen molar-refractivity contribution in [3.8, 4) is 0 Å². The molecule has 4 rings (SSSR count). The molecule has 0 aromatic heterocycles. The Balaban J connectivity index is 1.79. The molecule has 0 radical (unpaired) electrons. The summed E-state index contributed by atoms with van der Waals surface area (Å²) in [6.07, 6.45) is -11.9. The van der Waals surface area contributed by atoms with Crippen molar-refractivity contribution in [2.45, 2.75) is 42.7 Å². The molecule has 40 heavy (non-hydrogen) atoms. The number of carbonyl (C=O) groups excluding carboxylic acids is 2. The van der Waals surface area contributed by atoms with Gasteiger partial charge in [-0.2, -0.15) is 26.3 Å². The fourth-order valence-corrected chi connectivity index (χ4v) is 6.80. The van der Waals surface area contributed by atoms with E-state index in [-0.39, 0.29) is 31.0 Å². The standard InChI is InChI=1S/C25H24F6N2O6S/c1-2-40(37,38)22(19-6-4-3-5-15(19)13-33(22)20(34)16-11-12-39-14-16)21(35)32-18-9-7-17(8-10-18)23(36,24(26,27)28)25(29,30)31/h3-10,16,36H,2,11-14H2,1H3,(H,32,35). The number of aliphatic hydroxyl groups is 1. The lowest BCUT2D eigenvalue weighted by atomic mass is 9.92. The molecule has 1 saturated heterocycles. The minimum absolute atomic E-state index is 0.00162. The summed E-state index contributed by atoms with van der Waals surface area (Å²) in [5.74, 6) is -3.21. The lowest BCUT2D eigenvalue weighted by molar-refractivity contribution is -0.376. The molecule has 0 aliphatic carbocycles. The largest absolute Gasteiger partial charge is 0.430 e. The number of halogens is 6. The van der Waals surface area contributed by atoms with Crippen LogP contribution in [0.1, 0.15) is 30.0 Å². The van der Waals surface area contributed by atoms with Crippen molar-refractivity contribution < 1.29 is 54.2 Å². The van der Waals surface area contributed by atoms with E-state index in [4.69, 9.17) is 4.74 Å². The fraction of sp³-hybridized carbons (Fsp3) is 0.440. The topological polar surface area (TPSA) is 113 Å². The van der Waals surface area contributed by atoms with Crippen LogP contribution in [0.3, 0.4) is 0 Å². The van der Waals surface area contributed by atoms with Crippen molar-refractivity contribution in [3.63, 3.8) is 0 Å². The van der Waals surface area contributed by atoms with Crippen LogP contribution in [0.2, 0.25) is 0 Å². The zero-order valence-electron chi connectivity index (χ0n) is 20.8. The van der Waals surface area contributed by atoms with E-state index in [0.29, 0.717) is 36.2 Å². The molecule has 2 atom stereocenters. The van der Waals surface area contributed by atoms with Gasteiger partial charge in [0.1, 0.15) is 0 Å². The number of sulfone groups is 1. The van der Waals surface area contributed by atoms with Gasteiger partial charge in [-0.3, -0.25) is 9.59 Å². The van der Waals surface area contributed by atoms with E-state index in [1.54, 1.807) is 12.1 Å². The van der Waals surface area contributed by atoms with E-state index in [9.17, 15) is 49.5 Å². The SMILES string of the molecule is CCS(=O)(=O)C1(C(=O)Nc2ccc(C(O)(C(F)(F)F)C(F)(F)F)cc2)c2ccccc2CN1C(=O)C1CCOC1. The number of fused-ring (bicyclic) bond motifs is 1. The second-order valence-electron chi connectivity index (χ2n) is 9.43. The molecule has 2 amide bonds. The maximum absolute atomic E-state index is 13.9. The Kier molecular flexibility index (Phi) is 7.47. The molecule has 8 nitrogen and oxygen atoms in total. The van der Waals surface area contributed by atoms with Crippen molar-refractivity contribution in [2.75, 3.05) is 24.3 Å². The van der Waals surface area contributed by atoms with Crippen LogP contribution < -0.4 is 5.32 Å². The molecule has 2 aromatic carbocycles. The number of nitrogens with zero attached hydrogens (tertiary/aromatic N) is 1. The maximum Gasteiger partial charge on any atom is 0.430 e. The predicted molar refractivity (Wildman–Crippen MR) is 128 cm³/mol. The third kappa shape index (κ3) is 4.43. The number of ether oxygens (including phenoxy) is 1. The molecule has 2 aliphatic rings. The van der Waals surface area contributed by atoms with Gasteiger partial charge >= 0.3 is 12.4 Å². The highest BCUT2D eigenvalue weighted by atomic mass is 32.2. The normalized spacial score (nSPS) is 21.8. The summed E-state index contributed by atoms with van der Waals surface area (Å²) in [6.45, 7) is 1.31. The van der Waals surface area contributed by atoms with Gasteiger partial charge < -0.3 is 20.1 Å². The third-order valence-corrected chi connectivity index (χ3v) is 9.44. The highest BCUT2D eigenvalue weighted by molar-refractivity contribution is 7.93. The summed E-state index contributed by atoms with van der Waals surface area (Å²) in [4.78, 5) is 25.8. The number of anilines is 1. The molecule has 15 heteroatoms. The molecule has 2 aliphatic heterocycles. The number of alkyl halides is 6. The van der Waals surface area contributed by atoms with E-state index in [0.717, 1.165) is 4.90 Å². The van der Waals surface area contributed by atoms with Gasteiger partial charge in [-0.25, -0.2) is 8.42 Å². The summed E-state index contributed by atoms with van der Waals surface area (Å²) in [6, 6.07) is 7.95. The van der Waals surface area contributed by atoms with E-state index in [2.05, 4.69) is 5.32 Å². The van der Waals surface area contributed by atoms with Crippen LogP contribution in [-0.4, -0.2) is 61.6 Å². The number of hydrogen-bond donors (Lipinski definition) is 2. The zero-order chi connectivity index (χ0) is 29.7. The number of nitrogens with one attached hydrogen (secondary N) is 1. The first-order valence-corrected chi connectivity index (χ1v) is 13.6. The lowest BCUT2D eigenvalue weighted by Gasteiger charge is -2.38. The van der Waals surface area contributed by atoms with Crippen molar-refractivity contribution in [1.29, 1.82) is 0 Å². The number of benzene rings is 2. The number of carbonyl (C=O) groups is 2. The first-order chi connectivity index (χ1) is 18.5. The summed E-state index contributed by atoms with van der Waals surface area (Å²) in [5.41, 5.74) is -6.75. The molecule has 2 aromatic rings. The quantitative estimate of drug-likeness (QED) is 0.495. The number of amides is 2. The molecule has 2 unspecified atom stereocenters. The van der Waals surface area contributed by atoms with Crippen LogP contribution in [0.15, 0.2) is 48.5 Å². The Labute approximate surface area is 224 Å². The second-order valence-corrected chi connectivity index (χ2v) is 11.8. The fourth-order valence-electron chi connectivity index (χ4n) is 5.03. The minimum atomic E-state index is -6.12.